The van der Waals surface area contributed by atoms with Gasteiger partial charge in [-0.3, -0.25) is 4.79 Å². The summed E-state index contributed by atoms with van der Waals surface area (Å²) in [6.45, 7) is 0. The van der Waals surface area contributed by atoms with Gasteiger partial charge in [0.1, 0.15) is 10.7 Å². The van der Waals surface area contributed by atoms with E-state index in [-0.39, 0.29) is 10.2 Å². The highest BCUT2D eigenvalue weighted by molar-refractivity contribution is 9.10. The summed E-state index contributed by atoms with van der Waals surface area (Å²) in [4.78, 5) is 14.5. The van der Waals surface area contributed by atoms with E-state index >= 15 is 0 Å². The lowest BCUT2D eigenvalue weighted by atomic mass is 10.1. The van der Waals surface area contributed by atoms with Gasteiger partial charge in [0.2, 0.25) is 0 Å². The lowest BCUT2D eigenvalue weighted by Gasteiger charge is -2.07. The molecular formula is C8H2BrClF2N2O. The molecule has 0 spiro atoms. The van der Waals surface area contributed by atoms with E-state index in [9.17, 15) is 13.6 Å². The highest BCUT2D eigenvalue weighted by Gasteiger charge is 2.24. The molecule has 3 nitrogen and oxygen atoms in total. The van der Waals surface area contributed by atoms with Crippen molar-refractivity contribution in [1.82, 2.24) is 4.98 Å². The molecule has 0 unspecified atom stereocenters. The second kappa shape index (κ2) is 4.64. The van der Waals surface area contributed by atoms with Gasteiger partial charge in [-0.2, -0.15) is 5.26 Å². The van der Waals surface area contributed by atoms with Crippen LogP contribution in [-0.4, -0.2) is 10.2 Å². The molecule has 1 aromatic rings. The largest absolute Gasteiger partial charge is 0.275 e. The Morgan fingerprint density at radius 1 is 1.67 bits per heavy atom. The molecule has 1 heterocycles. The summed E-state index contributed by atoms with van der Waals surface area (Å²) < 4.78 is 25.1. The summed E-state index contributed by atoms with van der Waals surface area (Å²) in [5, 5.41) is 7.49. The Morgan fingerprint density at radius 2 is 2.27 bits per heavy atom. The Morgan fingerprint density at radius 3 is 2.67 bits per heavy atom. The smallest absolute Gasteiger partial charge is 0.266 e. The summed E-state index contributed by atoms with van der Waals surface area (Å²) in [7, 11) is 0. The number of nitrogens with zero attached hydrogens (tertiary/aromatic N) is 2. The average molecular weight is 295 g/mol. The first-order valence-corrected chi connectivity index (χ1v) is 4.72. The zero-order valence-corrected chi connectivity index (χ0v) is 9.31. The number of aromatic nitrogens is 1. The van der Waals surface area contributed by atoms with Gasteiger partial charge in [0, 0.05) is 6.20 Å². The van der Waals surface area contributed by atoms with Crippen LogP contribution in [0.1, 0.15) is 27.9 Å². The van der Waals surface area contributed by atoms with Crippen molar-refractivity contribution < 1.29 is 13.6 Å². The zero-order valence-electron chi connectivity index (χ0n) is 6.97. The maximum atomic E-state index is 12.6. The molecule has 0 bridgehead atoms. The van der Waals surface area contributed by atoms with E-state index in [0.29, 0.717) is 0 Å². The van der Waals surface area contributed by atoms with Crippen molar-refractivity contribution in [2.75, 3.05) is 0 Å². The molecule has 0 atom stereocenters. The first kappa shape index (κ1) is 12.0. The Balaban J connectivity index is 3.60. The molecule has 1 rings (SSSR count). The van der Waals surface area contributed by atoms with E-state index in [1.165, 1.54) is 6.07 Å². The van der Waals surface area contributed by atoms with Gasteiger partial charge in [0.15, 0.2) is 0 Å². The van der Waals surface area contributed by atoms with Gasteiger partial charge >= 0.3 is 0 Å². The molecule has 0 aliphatic heterocycles. The molecule has 0 aliphatic rings. The van der Waals surface area contributed by atoms with Crippen molar-refractivity contribution in [2.45, 2.75) is 6.43 Å². The fourth-order valence-electron chi connectivity index (χ4n) is 1.00. The van der Waals surface area contributed by atoms with Crippen LogP contribution in [0.2, 0.25) is 0 Å². The third kappa shape index (κ3) is 2.30. The molecule has 0 saturated carbocycles. The maximum absolute atomic E-state index is 12.6. The number of halogens is 4. The van der Waals surface area contributed by atoms with Crippen molar-refractivity contribution in [3.05, 3.63) is 27.5 Å². The van der Waals surface area contributed by atoms with Crippen LogP contribution in [0.25, 0.3) is 0 Å². The first-order chi connectivity index (χ1) is 6.99. The molecule has 0 N–H and O–H groups in total. The molecule has 0 aliphatic carbocycles. The van der Waals surface area contributed by atoms with E-state index in [0.717, 1.165) is 6.20 Å². The topological polar surface area (TPSA) is 53.8 Å². The summed E-state index contributed by atoms with van der Waals surface area (Å²) in [5.41, 5.74) is -1.53. The number of carbonyl (C=O) groups is 1. The van der Waals surface area contributed by atoms with E-state index in [1.807, 2.05) is 0 Å². The molecule has 0 radical (unpaired) electrons. The van der Waals surface area contributed by atoms with Gasteiger partial charge < -0.3 is 0 Å². The van der Waals surface area contributed by atoms with Gasteiger partial charge in [-0.1, -0.05) is 0 Å². The van der Waals surface area contributed by atoms with E-state index < -0.39 is 22.8 Å². The minimum atomic E-state index is -2.96. The Bertz CT molecular complexity index is 459. The number of nitriles is 1. The van der Waals surface area contributed by atoms with Crippen LogP contribution in [0.3, 0.4) is 0 Å². The van der Waals surface area contributed by atoms with Crippen LogP contribution in [0, 0.1) is 11.3 Å². The number of carbonyl (C=O) groups excluding carboxylic acids is 1. The SMILES string of the molecule is N#Cc1cnc(Br)c(C(=O)Cl)c1C(F)F. The van der Waals surface area contributed by atoms with Crippen LogP contribution in [0.15, 0.2) is 10.8 Å². The van der Waals surface area contributed by atoms with Crippen LogP contribution in [0.4, 0.5) is 8.78 Å². The van der Waals surface area contributed by atoms with Crippen molar-refractivity contribution in [1.29, 1.82) is 5.26 Å². The fourth-order valence-corrected chi connectivity index (χ4v) is 1.81. The summed E-state index contributed by atoms with van der Waals surface area (Å²) >= 11 is 7.96. The average Bonchev–Trinajstić information content (AvgIpc) is 2.16. The highest BCUT2D eigenvalue weighted by Crippen LogP contribution is 2.31. The summed E-state index contributed by atoms with van der Waals surface area (Å²) in [6, 6.07) is 1.53. The van der Waals surface area contributed by atoms with Gasteiger partial charge in [0.25, 0.3) is 11.7 Å². The Kier molecular flexibility index (Phi) is 3.72. The molecule has 1 aromatic heterocycles. The molecule has 0 amide bonds. The molecule has 78 valence electrons. The number of pyridine rings is 1. The van der Waals surface area contributed by atoms with E-state index in [2.05, 4.69) is 20.9 Å². The normalized spacial score (nSPS) is 10.1. The Hall–Kier alpha value is -1.06. The standard InChI is InChI=1S/C8H2BrClF2N2O/c9-6-5(7(10)15)4(8(11)12)3(1-13)2-14-6/h2,8H. The molecule has 0 fully saturated rings. The first-order valence-electron chi connectivity index (χ1n) is 3.55. The highest BCUT2D eigenvalue weighted by atomic mass is 79.9. The number of alkyl halides is 2. The minimum Gasteiger partial charge on any atom is -0.275 e. The minimum absolute atomic E-state index is 0.100. The van der Waals surface area contributed by atoms with Crippen molar-refractivity contribution in [3.63, 3.8) is 0 Å². The molecule has 7 heteroatoms. The number of hydrogen-bond acceptors (Lipinski definition) is 3. The van der Waals surface area contributed by atoms with E-state index in [1.54, 1.807) is 0 Å². The number of hydrogen-bond donors (Lipinski definition) is 0. The summed E-state index contributed by atoms with van der Waals surface area (Å²) in [5.74, 6) is 0. The van der Waals surface area contributed by atoms with Gasteiger partial charge in [0.05, 0.1) is 16.7 Å². The molecular weight excluding hydrogens is 293 g/mol. The Labute approximate surface area is 96.8 Å². The van der Waals surface area contributed by atoms with Gasteiger partial charge in [-0.05, 0) is 27.5 Å². The second-order valence-corrected chi connectivity index (χ2v) is 3.53. The quantitative estimate of drug-likeness (QED) is 0.622. The predicted molar refractivity (Wildman–Crippen MR) is 51.8 cm³/mol. The third-order valence-corrected chi connectivity index (χ3v) is 2.40. The summed E-state index contributed by atoms with van der Waals surface area (Å²) in [6.07, 6.45) is -2.01. The zero-order chi connectivity index (χ0) is 11.6. The van der Waals surface area contributed by atoms with Crippen LogP contribution < -0.4 is 0 Å². The number of rotatable bonds is 2. The van der Waals surface area contributed by atoms with Crippen molar-refractivity contribution in [2.24, 2.45) is 0 Å². The van der Waals surface area contributed by atoms with Gasteiger partial charge in [-0.25, -0.2) is 13.8 Å². The van der Waals surface area contributed by atoms with Crippen molar-refractivity contribution in [3.8, 4) is 6.07 Å². The van der Waals surface area contributed by atoms with Gasteiger partial charge in [-0.15, -0.1) is 0 Å². The monoisotopic (exact) mass is 294 g/mol. The fraction of sp³-hybridized carbons (Fsp3) is 0.125. The lowest BCUT2D eigenvalue weighted by Crippen LogP contribution is -2.04. The van der Waals surface area contributed by atoms with E-state index in [4.69, 9.17) is 16.9 Å². The molecule has 0 aromatic carbocycles. The predicted octanol–water partition coefficient (Wildman–Crippen LogP) is 3.03. The lowest BCUT2D eigenvalue weighted by molar-refractivity contribution is 0.106. The maximum Gasteiger partial charge on any atom is 0.266 e. The molecule has 0 saturated heterocycles. The van der Waals surface area contributed by atoms with Crippen LogP contribution in [-0.2, 0) is 0 Å². The second-order valence-electron chi connectivity index (χ2n) is 2.44. The molecule has 15 heavy (non-hydrogen) atoms. The van der Waals surface area contributed by atoms with Crippen LogP contribution in [0.5, 0.6) is 0 Å². The third-order valence-electron chi connectivity index (χ3n) is 1.61. The van der Waals surface area contributed by atoms with Crippen LogP contribution >= 0.6 is 27.5 Å². The van der Waals surface area contributed by atoms with Crippen molar-refractivity contribution >= 4 is 32.8 Å².